The maximum absolute atomic E-state index is 4.48. The topological polar surface area (TPSA) is 41.9 Å². The number of anilines is 1. The standard InChI is InChI=1S/C13H16N4S/c1-9-7-18-13(16-9)6-17(2)12-5-11(10-3-4-10)14-8-15-12/h5,7-8,10H,3-4,6H2,1-2H3. The number of thiazole rings is 1. The first-order valence-corrected chi connectivity index (χ1v) is 7.04. The van der Waals surface area contributed by atoms with Crippen molar-refractivity contribution in [1.82, 2.24) is 15.0 Å². The van der Waals surface area contributed by atoms with Crippen LogP contribution < -0.4 is 4.90 Å². The molecule has 0 N–H and O–H groups in total. The van der Waals surface area contributed by atoms with Gasteiger partial charge in [-0.25, -0.2) is 15.0 Å². The van der Waals surface area contributed by atoms with Gasteiger partial charge in [-0.3, -0.25) is 0 Å². The highest BCUT2D eigenvalue weighted by Gasteiger charge is 2.25. The molecule has 1 fully saturated rings. The van der Waals surface area contributed by atoms with Crippen molar-refractivity contribution in [3.63, 3.8) is 0 Å². The number of hydrogen-bond donors (Lipinski definition) is 0. The lowest BCUT2D eigenvalue weighted by atomic mass is 10.3. The Hall–Kier alpha value is -1.49. The van der Waals surface area contributed by atoms with Crippen molar-refractivity contribution in [2.75, 3.05) is 11.9 Å². The molecule has 1 saturated carbocycles. The van der Waals surface area contributed by atoms with Crippen LogP contribution in [0.15, 0.2) is 17.8 Å². The average Bonchev–Trinajstić information content (AvgIpc) is 3.14. The van der Waals surface area contributed by atoms with Crippen LogP contribution >= 0.6 is 11.3 Å². The van der Waals surface area contributed by atoms with Gasteiger partial charge in [0.1, 0.15) is 17.2 Å². The molecule has 0 spiro atoms. The van der Waals surface area contributed by atoms with E-state index in [2.05, 4.69) is 38.3 Å². The Morgan fingerprint density at radius 3 is 2.89 bits per heavy atom. The molecule has 18 heavy (non-hydrogen) atoms. The highest BCUT2D eigenvalue weighted by atomic mass is 32.1. The first kappa shape index (κ1) is 11.6. The lowest BCUT2D eigenvalue weighted by molar-refractivity contribution is 0.865. The van der Waals surface area contributed by atoms with Crippen molar-refractivity contribution in [2.24, 2.45) is 0 Å². The molecule has 5 heteroatoms. The second-order valence-corrected chi connectivity index (χ2v) is 5.76. The monoisotopic (exact) mass is 260 g/mol. The predicted molar refractivity (Wildman–Crippen MR) is 73.0 cm³/mol. The number of aromatic nitrogens is 3. The second-order valence-electron chi connectivity index (χ2n) is 4.81. The SMILES string of the molecule is Cc1csc(CN(C)c2cc(C3CC3)ncn2)n1. The second kappa shape index (κ2) is 4.65. The van der Waals surface area contributed by atoms with Gasteiger partial charge in [0, 0.05) is 35.8 Å². The van der Waals surface area contributed by atoms with Crippen LogP contribution in [0.25, 0.3) is 0 Å². The van der Waals surface area contributed by atoms with Crippen molar-refractivity contribution in [2.45, 2.75) is 32.2 Å². The molecule has 3 rings (SSSR count). The minimum atomic E-state index is 0.669. The summed E-state index contributed by atoms with van der Waals surface area (Å²) >= 11 is 1.70. The predicted octanol–water partition coefficient (Wildman–Crippen LogP) is 2.76. The zero-order valence-corrected chi connectivity index (χ0v) is 11.4. The zero-order chi connectivity index (χ0) is 12.5. The number of nitrogens with zero attached hydrogens (tertiary/aromatic N) is 4. The maximum Gasteiger partial charge on any atom is 0.132 e. The number of hydrogen-bond acceptors (Lipinski definition) is 5. The van der Waals surface area contributed by atoms with Crippen LogP contribution in [0, 0.1) is 6.92 Å². The van der Waals surface area contributed by atoms with Gasteiger partial charge < -0.3 is 4.90 Å². The summed E-state index contributed by atoms with van der Waals surface area (Å²) in [6, 6.07) is 2.11. The zero-order valence-electron chi connectivity index (χ0n) is 10.6. The van der Waals surface area contributed by atoms with Gasteiger partial charge in [-0.05, 0) is 19.8 Å². The van der Waals surface area contributed by atoms with Gasteiger partial charge in [-0.1, -0.05) is 0 Å². The van der Waals surface area contributed by atoms with Crippen molar-refractivity contribution in [1.29, 1.82) is 0 Å². The van der Waals surface area contributed by atoms with Crippen LogP contribution in [-0.4, -0.2) is 22.0 Å². The van der Waals surface area contributed by atoms with Crippen LogP contribution in [0.3, 0.4) is 0 Å². The molecule has 2 aromatic heterocycles. The quantitative estimate of drug-likeness (QED) is 0.847. The normalized spacial score (nSPS) is 14.8. The largest absolute Gasteiger partial charge is 0.353 e. The van der Waals surface area contributed by atoms with E-state index in [0.29, 0.717) is 5.92 Å². The van der Waals surface area contributed by atoms with Gasteiger partial charge in [-0.2, -0.15) is 0 Å². The van der Waals surface area contributed by atoms with Crippen molar-refractivity contribution in [3.8, 4) is 0 Å². The van der Waals surface area contributed by atoms with Crippen molar-refractivity contribution < 1.29 is 0 Å². The Kier molecular flexibility index (Phi) is 2.99. The third kappa shape index (κ3) is 2.51. The van der Waals surface area contributed by atoms with Crippen LogP contribution in [0.2, 0.25) is 0 Å². The van der Waals surface area contributed by atoms with Gasteiger partial charge in [0.05, 0.1) is 6.54 Å². The molecule has 1 aliphatic rings. The summed E-state index contributed by atoms with van der Waals surface area (Å²) in [6.45, 7) is 2.83. The fourth-order valence-electron chi connectivity index (χ4n) is 1.93. The Morgan fingerprint density at radius 1 is 1.39 bits per heavy atom. The van der Waals surface area contributed by atoms with Gasteiger partial charge in [0.25, 0.3) is 0 Å². The molecular formula is C13H16N4S. The smallest absolute Gasteiger partial charge is 0.132 e. The van der Waals surface area contributed by atoms with Gasteiger partial charge >= 0.3 is 0 Å². The number of rotatable bonds is 4. The lowest BCUT2D eigenvalue weighted by Gasteiger charge is -2.16. The highest BCUT2D eigenvalue weighted by molar-refractivity contribution is 7.09. The highest BCUT2D eigenvalue weighted by Crippen LogP contribution is 2.39. The summed E-state index contributed by atoms with van der Waals surface area (Å²) in [5.41, 5.74) is 2.27. The molecule has 2 heterocycles. The van der Waals surface area contributed by atoms with E-state index in [0.717, 1.165) is 23.1 Å². The molecule has 0 aliphatic heterocycles. The molecule has 2 aromatic rings. The molecule has 94 valence electrons. The maximum atomic E-state index is 4.48. The third-order valence-corrected chi connectivity index (χ3v) is 4.05. The minimum Gasteiger partial charge on any atom is -0.353 e. The first-order valence-electron chi connectivity index (χ1n) is 6.16. The molecule has 0 saturated heterocycles. The summed E-state index contributed by atoms with van der Waals surface area (Å²) in [5.74, 6) is 1.65. The van der Waals surface area contributed by atoms with E-state index < -0.39 is 0 Å². The summed E-state index contributed by atoms with van der Waals surface area (Å²) in [5, 5.41) is 3.21. The Bertz CT molecular complexity index is 547. The summed E-state index contributed by atoms with van der Waals surface area (Å²) in [4.78, 5) is 15.3. The Balaban J connectivity index is 1.74. The Labute approximate surface area is 111 Å². The molecule has 0 atom stereocenters. The molecule has 0 aromatic carbocycles. The fraction of sp³-hybridized carbons (Fsp3) is 0.462. The lowest BCUT2D eigenvalue weighted by Crippen LogP contribution is -2.18. The van der Waals surface area contributed by atoms with Crippen LogP contribution in [-0.2, 0) is 6.54 Å². The summed E-state index contributed by atoms with van der Waals surface area (Å²) in [6.07, 6.45) is 4.21. The van der Waals surface area contributed by atoms with E-state index in [1.807, 2.05) is 6.92 Å². The molecular weight excluding hydrogens is 244 g/mol. The Morgan fingerprint density at radius 2 is 2.22 bits per heavy atom. The van der Waals surface area contributed by atoms with E-state index in [-0.39, 0.29) is 0 Å². The number of aryl methyl sites for hydroxylation is 1. The summed E-state index contributed by atoms with van der Waals surface area (Å²) in [7, 11) is 2.05. The van der Waals surface area contributed by atoms with Crippen LogP contribution in [0.5, 0.6) is 0 Å². The molecule has 0 bridgehead atoms. The van der Waals surface area contributed by atoms with Crippen LogP contribution in [0.1, 0.15) is 35.2 Å². The van der Waals surface area contributed by atoms with Crippen molar-refractivity contribution in [3.05, 3.63) is 34.2 Å². The van der Waals surface area contributed by atoms with Gasteiger partial charge in [0.2, 0.25) is 0 Å². The van der Waals surface area contributed by atoms with E-state index >= 15 is 0 Å². The van der Waals surface area contributed by atoms with E-state index in [9.17, 15) is 0 Å². The first-order chi connectivity index (χ1) is 8.72. The molecule has 0 unspecified atom stereocenters. The van der Waals surface area contributed by atoms with Crippen LogP contribution in [0.4, 0.5) is 5.82 Å². The molecule has 1 aliphatic carbocycles. The molecule has 0 radical (unpaired) electrons. The van der Waals surface area contributed by atoms with E-state index in [4.69, 9.17) is 0 Å². The van der Waals surface area contributed by atoms with Crippen molar-refractivity contribution >= 4 is 17.2 Å². The minimum absolute atomic E-state index is 0.669. The molecule has 4 nitrogen and oxygen atoms in total. The fourth-order valence-corrected chi connectivity index (χ4v) is 2.76. The molecule has 0 amide bonds. The van der Waals surface area contributed by atoms with E-state index in [1.165, 1.54) is 18.5 Å². The van der Waals surface area contributed by atoms with Gasteiger partial charge in [0.15, 0.2) is 0 Å². The van der Waals surface area contributed by atoms with E-state index in [1.54, 1.807) is 17.7 Å². The van der Waals surface area contributed by atoms with Gasteiger partial charge in [-0.15, -0.1) is 11.3 Å². The third-order valence-electron chi connectivity index (χ3n) is 3.10. The average molecular weight is 260 g/mol. The summed E-state index contributed by atoms with van der Waals surface area (Å²) < 4.78 is 0.